The Hall–Kier alpha value is -1.92. The molecule has 8 nitrogen and oxygen atoms in total. The van der Waals surface area contributed by atoms with Crippen molar-refractivity contribution in [1.82, 2.24) is 10.6 Å². The number of fused-ring (bicyclic) bond motifs is 5. The lowest BCUT2D eigenvalue weighted by atomic mass is 9.43. The summed E-state index contributed by atoms with van der Waals surface area (Å²) in [5.74, 6) is 4.73. The van der Waals surface area contributed by atoms with Crippen LogP contribution in [0.4, 0.5) is 0 Å². The molecule has 0 heterocycles. The minimum Gasteiger partial charge on any atom is -0.393 e. The zero-order valence-corrected chi connectivity index (χ0v) is 32.0. The predicted octanol–water partition coefficient (Wildman–Crippen LogP) is 5.93. The number of hydrogen-bond donors (Lipinski definition) is 6. The molecule has 0 aromatic heterocycles. The normalized spacial score (nSPS) is 36.7. The number of terminal acetylenes is 1. The lowest BCUT2D eigenvalue weighted by molar-refractivity contribution is -0.223. The Kier molecular flexibility index (Phi) is 14.9. The fraction of sp³-hybridized carbons (Fsp3) is 0.854. The van der Waals surface area contributed by atoms with E-state index in [2.05, 4.69) is 51.2 Å². The zero-order valence-electron chi connectivity index (χ0n) is 32.0. The fourth-order valence-electron chi connectivity index (χ4n) is 10.5. The monoisotopic (exact) mass is 686 g/mol. The van der Waals surface area contributed by atoms with Crippen LogP contribution in [-0.2, 0) is 9.59 Å². The van der Waals surface area contributed by atoms with Gasteiger partial charge in [-0.1, -0.05) is 67.9 Å². The fourth-order valence-corrected chi connectivity index (χ4v) is 10.5. The van der Waals surface area contributed by atoms with Crippen molar-refractivity contribution < 1.29 is 24.9 Å². The van der Waals surface area contributed by atoms with Gasteiger partial charge in [0, 0.05) is 11.8 Å². The van der Waals surface area contributed by atoms with Crippen LogP contribution in [0.25, 0.3) is 0 Å². The van der Waals surface area contributed by atoms with E-state index in [0.29, 0.717) is 36.0 Å². The minimum absolute atomic E-state index is 0.0211. The van der Waals surface area contributed by atoms with Crippen molar-refractivity contribution in [2.45, 2.75) is 157 Å². The van der Waals surface area contributed by atoms with E-state index in [4.69, 9.17) is 12.2 Å². The molecule has 7 N–H and O–H groups in total. The van der Waals surface area contributed by atoms with Gasteiger partial charge in [0.1, 0.15) is 6.17 Å². The third-order valence-electron chi connectivity index (χ3n) is 13.4. The highest BCUT2D eigenvalue weighted by Gasteiger charge is 2.65. The largest absolute Gasteiger partial charge is 0.393 e. The molecule has 0 radical (unpaired) electrons. The molecule has 0 spiro atoms. The number of rotatable bonds is 12. The van der Waals surface area contributed by atoms with Gasteiger partial charge in [0.05, 0.1) is 18.3 Å². The summed E-state index contributed by atoms with van der Waals surface area (Å²) < 4.78 is 0. The maximum atomic E-state index is 12.7. The smallest absolute Gasteiger partial charge is 0.245 e. The van der Waals surface area contributed by atoms with Crippen LogP contribution in [-0.4, -0.2) is 58.2 Å². The first-order chi connectivity index (χ1) is 23.0. The molecule has 49 heavy (non-hydrogen) atoms. The molecule has 0 saturated heterocycles. The predicted molar refractivity (Wildman–Crippen MR) is 198 cm³/mol. The van der Waals surface area contributed by atoms with Gasteiger partial charge >= 0.3 is 0 Å². The molecule has 12 atom stereocenters. The molecule has 12 unspecified atom stereocenters. The Labute approximate surface area is 298 Å². The molecule has 4 saturated carbocycles. The molecule has 8 heteroatoms. The SMILES string of the molecule is C#CCC(NC(=O)/C=C/CCC(C)C1CCC2C3C(O)C(O)C4CC(O)CCC4(C)C3CCC12C)NC(=O)C(C)(C)CCC.CC(C)CN. The van der Waals surface area contributed by atoms with Crippen molar-refractivity contribution in [3.63, 3.8) is 0 Å². The average molecular weight is 686 g/mol. The summed E-state index contributed by atoms with van der Waals surface area (Å²) in [5, 5.41) is 38.9. The van der Waals surface area contributed by atoms with Crippen molar-refractivity contribution in [2.75, 3.05) is 6.54 Å². The molecular weight excluding hydrogens is 614 g/mol. The molecule has 2 amide bonds. The molecule has 0 bridgehead atoms. The summed E-state index contributed by atoms with van der Waals surface area (Å²) in [6, 6.07) is 0. The van der Waals surface area contributed by atoms with Crippen molar-refractivity contribution in [3.8, 4) is 12.3 Å². The van der Waals surface area contributed by atoms with E-state index >= 15 is 0 Å². The number of carbonyl (C=O) groups is 2. The molecule has 0 aromatic rings. The van der Waals surface area contributed by atoms with Gasteiger partial charge in [0.25, 0.3) is 0 Å². The Balaban J connectivity index is 0.00000121. The molecule has 4 fully saturated rings. The lowest BCUT2D eigenvalue weighted by Gasteiger charge is -2.63. The van der Waals surface area contributed by atoms with Crippen molar-refractivity contribution in [2.24, 2.45) is 63.4 Å². The second-order valence-electron chi connectivity index (χ2n) is 17.7. The standard InChI is InChI=1S/C37H60N2O5.C4H11N/c1-8-12-29(39-34(44)35(4,5)19-9-2)38-30(41)14-11-10-13-23(3)25-15-16-26-31-27(18-21-36(25,26)6)37(7)20-17-24(40)22-28(37)32(42)33(31)43;1-4(2)3-5/h1,11,14,23-29,31-33,40,42-43H,9-10,12-13,15-22H2,2-7H3,(H,38,41)(H,39,44);4H,3,5H2,1-2H3/b14-11+;. The van der Waals surface area contributed by atoms with Gasteiger partial charge in [-0.25, -0.2) is 0 Å². The number of nitrogens with one attached hydrogen (secondary N) is 2. The number of aliphatic hydroxyl groups excluding tert-OH is 3. The third-order valence-corrected chi connectivity index (χ3v) is 13.4. The topological polar surface area (TPSA) is 145 Å². The van der Waals surface area contributed by atoms with Crippen LogP contribution < -0.4 is 16.4 Å². The molecular formula is C41H71N3O5. The van der Waals surface area contributed by atoms with E-state index in [-0.39, 0.29) is 47.0 Å². The summed E-state index contributed by atoms with van der Waals surface area (Å²) in [6.45, 7) is 17.9. The lowest BCUT2D eigenvalue weighted by Crippen LogP contribution is -2.64. The Morgan fingerprint density at radius 2 is 1.61 bits per heavy atom. The van der Waals surface area contributed by atoms with Crippen molar-refractivity contribution in [1.29, 1.82) is 0 Å². The second-order valence-corrected chi connectivity index (χ2v) is 17.7. The van der Waals surface area contributed by atoms with Gasteiger partial charge in [-0.2, -0.15) is 0 Å². The first-order valence-electron chi connectivity index (χ1n) is 19.4. The Morgan fingerprint density at radius 1 is 0.980 bits per heavy atom. The van der Waals surface area contributed by atoms with Gasteiger partial charge in [-0.05, 0) is 129 Å². The van der Waals surface area contributed by atoms with Gasteiger partial charge in [-0.15, -0.1) is 12.3 Å². The van der Waals surface area contributed by atoms with Crippen LogP contribution in [0.1, 0.15) is 132 Å². The van der Waals surface area contributed by atoms with Gasteiger partial charge < -0.3 is 31.7 Å². The summed E-state index contributed by atoms with van der Waals surface area (Å²) >= 11 is 0. The summed E-state index contributed by atoms with van der Waals surface area (Å²) in [4.78, 5) is 25.4. The maximum absolute atomic E-state index is 12.7. The van der Waals surface area contributed by atoms with Crippen molar-refractivity contribution in [3.05, 3.63) is 12.2 Å². The van der Waals surface area contributed by atoms with Crippen LogP contribution in [0.5, 0.6) is 0 Å². The highest BCUT2D eigenvalue weighted by atomic mass is 16.3. The van der Waals surface area contributed by atoms with Crippen LogP contribution >= 0.6 is 0 Å². The average Bonchev–Trinajstić information content (AvgIpc) is 3.40. The van der Waals surface area contributed by atoms with Crippen LogP contribution in [0.15, 0.2) is 12.2 Å². The number of allylic oxidation sites excluding steroid dienone is 1. The summed E-state index contributed by atoms with van der Waals surface area (Å²) in [7, 11) is 0. The molecule has 0 aromatic carbocycles. The van der Waals surface area contributed by atoms with Crippen molar-refractivity contribution >= 4 is 11.8 Å². The third kappa shape index (κ3) is 9.50. The number of carbonyl (C=O) groups excluding carboxylic acids is 2. The quantitative estimate of drug-likeness (QED) is 0.0854. The molecule has 4 aliphatic carbocycles. The van der Waals surface area contributed by atoms with Gasteiger partial charge in [-0.3, -0.25) is 9.59 Å². The number of amides is 2. The highest BCUT2D eigenvalue weighted by Crippen LogP contribution is 2.68. The van der Waals surface area contributed by atoms with E-state index in [1.165, 1.54) is 0 Å². The maximum Gasteiger partial charge on any atom is 0.245 e. The van der Waals surface area contributed by atoms with E-state index in [0.717, 1.165) is 70.8 Å². The molecule has 4 rings (SSSR count). The highest BCUT2D eigenvalue weighted by molar-refractivity contribution is 5.88. The van der Waals surface area contributed by atoms with E-state index in [1.54, 1.807) is 6.08 Å². The molecule has 0 aliphatic heterocycles. The first-order valence-corrected chi connectivity index (χ1v) is 19.4. The summed E-state index contributed by atoms with van der Waals surface area (Å²) in [5.41, 5.74) is 4.76. The van der Waals surface area contributed by atoms with Crippen LogP contribution in [0, 0.1) is 70.0 Å². The van der Waals surface area contributed by atoms with Crippen LogP contribution in [0.3, 0.4) is 0 Å². The van der Waals surface area contributed by atoms with E-state index < -0.39 is 23.8 Å². The molecule has 4 aliphatic rings. The van der Waals surface area contributed by atoms with E-state index in [1.807, 2.05) is 26.8 Å². The first kappa shape index (κ1) is 41.5. The van der Waals surface area contributed by atoms with Gasteiger partial charge in [0.15, 0.2) is 0 Å². The minimum atomic E-state index is -0.761. The van der Waals surface area contributed by atoms with E-state index in [9.17, 15) is 24.9 Å². The Bertz CT molecular complexity index is 1160. The summed E-state index contributed by atoms with van der Waals surface area (Å²) in [6.07, 6.45) is 17.0. The number of nitrogens with two attached hydrogens (primary N) is 1. The Morgan fingerprint density at radius 3 is 2.22 bits per heavy atom. The zero-order chi connectivity index (χ0) is 36.7. The number of aliphatic hydroxyl groups is 3. The number of hydrogen-bond acceptors (Lipinski definition) is 6. The second kappa shape index (κ2) is 17.5. The van der Waals surface area contributed by atoms with Gasteiger partial charge in [0.2, 0.25) is 11.8 Å². The van der Waals surface area contributed by atoms with Crippen LogP contribution in [0.2, 0.25) is 0 Å². The molecule has 280 valence electrons.